The van der Waals surface area contributed by atoms with Gasteiger partial charge in [-0.2, -0.15) is 0 Å². The van der Waals surface area contributed by atoms with Crippen molar-refractivity contribution in [2.24, 2.45) is 4.99 Å². The van der Waals surface area contributed by atoms with Gasteiger partial charge in [0, 0.05) is 23.4 Å². The number of methoxy groups -OCH3 is 1. The second kappa shape index (κ2) is 6.57. The summed E-state index contributed by atoms with van der Waals surface area (Å²) in [6.07, 6.45) is 1.86. The molecule has 3 aromatic rings. The van der Waals surface area contributed by atoms with E-state index < -0.39 is 0 Å². The van der Waals surface area contributed by atoms with Crippen molar-refractivity contribution < 1.29 is 4.74 Å². The summed E-state index contributed by atoms with van der Waals surface area (Å²) in [6.45, 7) is 3.28. The molecule has 1 saturated heterocycles. The van der Waals surface area contributed by atoms with Gasteiger partial charge in [0.25, 0.3) is 0 Å². The number of pyridine rings is 1. The molecule has 5 heteroatoms. The number of nitrogens with zero attached hydrogens (tertiary/aromatic N) is 3. The third-order valence-corrected chi connectivity index (χ3v) is 6.44. The number of thioether (sulfide) groups is 1. The van der Waals surface area contributed by atoms with Crippen LogP contribution in [0.2, 0.25) is 0 Å². The van der Waals surface area contributed by atoms with Gasteiger partial charge >= 0.3 is 0 Å². The van der Waals surface area contributed by atoms with Crippen LogP contribution in [0.4, 0.5) is 0 Å². The molecule has 0 aliphatic carbocycles. The number of aromatic nitrogens is 1. The minimum absolute atomic E-state index is 0.0120. The number of benzene rings is 2. The Bertz CT molecular complexity index is 1020. The third-order valence-electron chi connectivity index (χ3n) is 5.34. The highest BCUT2D eigenvalue weighted by Crippen LogP contribution is 2.49. The molecule has 4 nitrogen and oxygen atoms in total. The summed E-state index contributed by atoms with van der Waals surface area (Å²) in [5, 5.41) is 4.07. The molecule has 0 amide bonds. The molecule has 2 aliphatic heterocycles. The van der Waals surface area contributed by atoms with Gasteiger partial charge in [0.2, 0.25) is 0 Å². The van der Waals surface area contributed by atoms with Crippen molar-refractivity contribution in [3.8, 4) is 5.75 Å². The zero-order valence-corrected chi connectivity index (χ0v) is 16.2. The van der Waals surface area contributed by atoms with Gasteiger partial charge in [-0.1, -0.05) is 55.1 Å². The van der Waals surface area contributed by atoms with E-state index in [0.29, 0.717) is 5.25 Å². The Morgan fingerprint density at radius 3 is 2.63 bits per heavy atom. The summed E-state index contributed by atoms with van der Waals surface area (Å²) in [5.41, 5.74) is 2.31. The highest BCUT2D eigenvalue weighted by molar-refractivity contribution is 8.14. The number of aliphatic imine (C=N–C) groups is 1. The third kappa shape index (κ3) is 2.69. The molecule has 5 rings (SSSR count). The van der Waals surface area contributed by atoms with Crippen molar-refractivity contribution in [1.29, 1.82) is 0 Å². The molecule has 136 valence electrons. The topological polar surface area (TPSA) is 37.7 Å². The molecule has 27 heavy (non-hydrogen) atoms. The number of fused-ring (bicyclic) bond motifs is 2. The van der Waals surface area contributed by atoms with Crippen LogP contribution in [0.5, 0.6) is 5.75 Å². The Morgan fingerprint density at radius 1 is 1.04 bits per heavy atom. The Balaban J connectivity index is 1.69. The molecule has 1 fully saturated rings. The number of amidine groups is 1. The average Bonchev–Trinajstić information content (AvgIpc) is 3.24. The van der Waals surface area contributed by atoms with Crippen molar-refractivity contribution in [1.82, 2.24) is 9.88 Å². The van der Waals surface area contributed by atoms with E-state index in [1.54, 1.807) is 7.11 Å². The average molecular weight is 375 g/mol. The van der Waals surface area contributed by atoms with E-state index in [0.717, 1.165) is 28.5 Å². The Morgan fingerprint density at radius 2 is 1.85 bits per heavy atom. The normalized spacial score (nSPS) is 24.1. The van der Waals surface area contributed by atoms with Crippen LogP contribution in [0.3, 0.4) is 0 Å². The van der Waals surface area contributed by atoms with Crippen LogP contribution in [-0.2, 0) is 0 Å². The minimum Gasteiger partial charge on any atom is -0.496 e. The SMILES string of the molecule is COc1ccc([C@H]2[C@H](c3ccccn3)N=C3S[C@@H](C)CN32)c2ccccc12. The smallest absolute Gasteiger partial charge is 0.160 e. The molecular weight excluding hydrogens is 354 g/mol. The highest BCUT2D eigenvalue weighted by atomic mass is 32.2. The lowest BCUT2D eigenvalue weighted by Crippen LogP contribution is -2.28. The maximum absolute atomic E-state index is 5.60. The van der Waals surface area contributed by atoms with E-state index >= 15 is 0 Å². The van der Waals surface area contributed by atoms with Crippen LogP contribution in [0.15, 0.2) is 65.8 Å². The second-order valence-corrected chi connectivity index (χ2v) is 8.45. The van der Waals surface area contributed by atoms with E-state index in [1.165, 1.54) is 10.9 Å². The first-order valence-electron chi connectivity index (χ1n) is 9.24. The van der Waals surface area contributed by atoms with Crippen molar-refractivity contribution in [2.75, 3.05) is 13.7 Å². The molecule has 0 spiro atoms. The molecule has 1 aromatic heterocycles. The first kappa shape index (κ1) is 16.6. The van der Waals surface area contributed by atoms with Crippen LogP contribution >= 0.6 is 11.8 Å². The van der Waals surface area contributed by atoms with Gasteiger partial charge in [-0.25, -0.2) is 0 Å². The van der Waals surface area contributed by atoms with Crippen LogP contribution in [0.1, 0.15) is 30.3 Å². The maximum atomic E-state index is 5.60. The molecule has 3 atom stereocenters. The number of rotatable bonds is 3. The summed E-state index contributed by atoms with van der Waals surface area (Å²) < 4.78 is 5.60. The molecule has 0 N–H and O–H groups in total. The van der Waals surface area contributed by atoms with Crippen LogP contribution < -0.4 is 4.74 Å². The van der Waals surface area contributed by atoms with Crippen LogP contribution in [-0.4, -0.2) is 34.0 Å². The fourth-order valence-corrected chi connectivity index (χ4v) is 5.28. The molecule has 2 aromatic carbocycles. The molecule has 0 unspecified atom stereocenters. The zero-order chi connectivity index (χ0) is 18.4. The van der Waals surface area contributed by atoms with E-state index in [4.69, 9.17) is 9.73 Å². The maximum Gasteiger partial charge on any atom is 0.160 e. The van der Waals surface area contributed by atoms with E-state index in [1.807, 2.05) is 30.1 Å². The van der Waals surface area contributed by atoms with Gasteiger partial charge < -0.3 is 9.64 Å². The van der Waals surface area contributed by atoms with Gasteiger partial charge in [0.05, 0.1) is 18.8 Å². The molecule has 0 saturated carbocycles. The molecule has 2 aliphatic rings. The quantitative estimate of drug-likeness (QED) is 0.657. The summed E-state index contributed by atoms with van der Waals surface area (Å²) in [7, 11) is 1.73. The zero-order valence-electron chi connectivity index (χ0n) is 15.4. The highest BCUT2D eigenvalue weighted by Gasteiger charge is 2.44. The predicted molar refractivity (Wildman–Crippen MR) is 111 cm³/mol. The van der Waals surface area contributed by atoms with Crippen molar-refractivity contribution in [3.05, 3.63) is 72.1 Å². The van der Waals surface area contributed by atoms with Crippen molar-refractivity contribution >= 4 is 27.7 Å². The Labute approximate surface area is 163 Å². The van der Waals surface area contributed by atoms with E-state index in [2.05, 4.69) is 59.3 Å². The molecular formula is C22H21N3OS. The standard InChI is InChI=1S/C22H21N3OS/c1-14-13-25-21(20(24-22(25)27-14)18-9-5-6-12-23-18)17-10-11-19(26-2)16-8-4-3-7-15(16)17/h3-12,14,20-21H,13H2,1-2H3/t14-,20-,21-/m0/s1. The number of hydrogen-bond donors (Lipinski definition) is 0. The first-order chi connectivity index (χ1) is 13.3. The molecule has 0 radical (unpaired) electrons. The van der Waals surface area contributed by atoms with Crippen molar-refractivity contribution in [3.63, 3.8) is 0 Å². The van der Waals surface area contributed by atoms with Gasteiger partial charge in [-0.15, -0.1) is 0 Å². The predicted octanol–water partition coefficient (Wildman–Crippen LogP) is 4.83. The monoisotopic (exact) mass is 375 g/mol. The lowest BCUT2D eigenvalue weighted by molar-refractivity contribution is 0.323. The van der Waals surface area contributed by atoms with Gasteiger partial charge in [-0.05, 0) is 29.1 Å². The summed E-state index contributed by atoms with van der Waals surface area (Å²) >= 11 is 1.87. The Kier molecular flexibility index (Phi) is 4.05. The van der Waals surface area contributed by atoms with E-state index in [-0.39, 0.29) is 12.1 Å². The van der Waals surface area contributed by atoms with Crippen molar-refractivity contribution in [2.45, 2.75) is 24.3 Å². The van der Waals surface area contributed by atoms with Gasteiger partial charge in [0.1, 0.15) is 11.8 Å². The molecule has 3 heterocycles. The minimum atomic E-state index is 0.0120. The summed E-state index contributed by atoms with van der Waals surface area (Å²) in [4.78, 5) is 12.2. The summed E-state index contributed by atoms with van der Waals surface area (Å²) in [6, 6.07) is 19.0. The fourth-order valence-electron chi connectivity index (χ4n) is 4.18. The lowest BCUT2D eigenvalue weighted by atomic mass is 9.91. The van der Waals surface area contributed by atoms with E-state index in [9.17, 15) is 0 Å². The number of ether oxygens (including phenoxy) is 1. The van der Waals surface area contributed by atoms with Gasteiger partial charge in [-0.3, -0.25) is 9.98 Å². The number of hydrogen-bond acceptors (Lipinski definition) is 5. The largest absolute Gasteiger partial charge is 0.496 e. The second-order valence-electron chi connectivity index (χ2n) is 7.04. The van der Waals surface area contributed by atoms with Crippen LogP contribution in [0, 0.1) is 0 Å². The lowest BCUT2D eigenvalue weighted by Gasteiger charge is -2.28. The summed E-state index contributed by atoms with van der Waals surface area (Å²) in [5.74, 6) is 0.909. The van der Waals surface area contributed by atoms with Crippen LogP contribution in [0.25, 0.3) is 10.8 Å². The molecule has 0 bridgehead atoms. The van der Waals surface area contributed by atoms with Gasteiger partial charge in [0.15, 0.2) is 5.17 Å². The first-order valence-corrected chi connectivity index (χ1v) is 10.1. The Hall–Kier alpha value is -2.53. The fraction of sp³-hybridized carbons (Fsp3) is 0.273.